The summed E-state index contributed by atoms with van der Waals surface area (Å²) in [5.74, 6) is 0.952. The van der Waals surface area contributed by atoms with E-state index in [2.05, 4.69) is 15.0 Å². The van der Waals surface area contributed by atoms with Crippen LogP contribution in [0.25, 0.3) is 0 Å². The number of rotatable bonds is 6. The number of halogens is 1. The van der Waals surface area contributed by atoms with Gasteiger partial charge in [0.2, 0.25) is 15.9 Å². The fraction of sp³-hybridized carbons (Fsp3) is 0.444. The second-order valence-electron chi connectivity index (χ2n) is 6.55. The molecule has 1 fully saturated rings. The number of sulfonamides is 1. The minimum Gasteiger partial charge on any atom is -0.336 e. The molecule has 1 unspecified atom stereocenters. The van der Waals surface area contributed by atoms with Gasteiger partial charge in [-0.3, -0.25) is 4.79 Å². The van der Waals surface area contributed by atoms with E-state index in [4.69, 9.17) is 0 Å². The van der Waals surface area contributed by atoms with Crippen molar-refractivity contribution in [3.8, 4) is 0 Å². The standard InChI is InChI=1S/C18H25N5O3S.ClH/c1-19-27(25,26)15-6-3-14(4-7-15)5-8-17(24)23-12-9-20-13-16(23)18-21-10-11-22(18)2;/h3-4,6-7,10-11,16,19-20H,5,8-9,12-13H2,1-2H3;1H. The number of carbonyl (C=O) groups excluding carboxylic acids is 1. The Balaban J connectivity index is 0.00000280. The van der Waals surface area contributed by atoms with Gasteiger partial charge in [0.1, 0.15) is 11.9 Å². The summed E-state index contributed by atoms with van der Waals surface area (Å²) in [5, 5.41) is 3.32. The van der Waals surface area contributed by atoms with E-state index in [0.29, 0.717) is 25.9 Å². The third-order valence-electron chi connectivity index (χ3n) is 4.85. The van der Waals surface area contributed by atoms with E-state index in [1.165, 1.54) is 7.05 Å². The Kier molecular flexibility index (Phi) is 7.59. The van der Waals surface area contributed by atoms with Gasteiger partial charge in [-0.2, -0.15) is 0 Å². The van der Waals surface area contributed by atoms with Crippen LogP contribution in [0.3, 0.4) is 0 Å². The number of carbonyl (C=O) groups is 1. The minimum atomic E-state index is -3.44. The van der Waals surface area contributed by atoms with Gasteiger partial charge < -0.3 is 14.8 Å². The van der Waals surface area contributed by atoms with Crippen molar-refractivity contribution in [2.24, 2.45) is 7.05 Å². The molecule has 0 bridgehead atoms. The van der Waals surface area contributed by atoms with Gasteiger partial charge >= 0.3 is 0 Å². The lowest BCUT2D eigenvalue weighted by atomic mass is 10.1. The van der Waals surface area contributed by atoms with Gasteiger partial charge in [-0.1, -0.05) is 12.1 Å². The monoisotopic (exact) mass is 427 g/mol. The largest absolute Gasteiger partial charge is 0.336 e. The second kappa shape index (κ2) is 9.51. The van der Waals surface area contributed by atoms with Gasteiger partial charge in [0.25, 0.3) is 0 Å². The molecule has 0 spiro atoms. The van der Waals surface area contributed by atoms with E-state index in [-0.39, 0.29) is 29.3 Å². The molecule has 3 rings (SSSR count). The Morgan fingerprint density at radius 1 is 1.32 bits per heavy atom. The molecule has 2 N–H and O–H groups in total. The first-order valence-corrected chi connectivity index (χ1v) is 10.4. The fourth-order valence-corrected chi connectivity index (χ4v) is 4.01. The molecule has 2 heterocycles. The zero-order valence-electron chi connectivity index (χ0n) is 16.0. The first kappa shape index (κ1) is 22.4. The van der Waals surface area contributed by atoms with Gasteiger partial charge in [0, 0.05) is 45.5 Å². The van der Waals surface area contributed by atoms with Gasteiger partial charge in [-0.25, -0.2) is 18.1 Å². The quantitative estimate of drug-likeness (QED) is 0.712. The molecule has 1 aromatic carbocycles. The van der Waals surface area contributed by atoms with E-state index in [1.54, 1.807) is 30.5 Å². The molecule has 1 amide bonds. The molecule has 28 heavy (non-hydrogen) atoms. The van der Waals surface area contributed by atoms with Crippen LogP contribution in [-0.4, -0.2) is 55.5 Å². The average Bonchev–Trinajstić information content (AvgIpc) is 3.12. The minimum absolute atomic E-state index is 0. The molecule has 8 nitrogen and oxygen atoms in total. The van der Waals surface area contributed by atoms with Crippen molar-refractivity contribution < 1.29 is 13.2 Å². The number of piperazine rings is 1. The van der Waals surface area contributed by atoms with Gasteiger partial charge in [-0.05, 0) is 31.2 Å². The van der Waals surface area contributed by atoms with E-state index in [0.717, 1.165) is 17.9 Å². The maximum Gasteiger partial charge on any atom is 0.240 e. The summed E-state index contributed by atoms with van der Waals surface area (Å²) in [6, 6.07) is 6.56. The van der Waals surface area contributed by atoms with Crippen molar-refractivity contribution in [2.75, 3.05) is 26.7 Å². The van der Waals surface area contributed by atoms with Gasteiger partial charge in [-0.15, -0.1) is 12.4 Å². The van der Waals surface area contributed by atoms with Gasteiger partial charge in [0.15, 0.2) is 0 Å². The predicted octanol–water partition coefficient (Wildman–Crippen LogP) is 0.856. The topological polar surface area (TPSA) is 96.3 Å². The maximum atomic E-state index is 12.8. The molecule has 154 valence electrons. The molecule has 1 aliphatic rings. The van der Waals surface area contributed by atoms with Crippen LogP contribution in [-0.2, 0) is 28.3 Å². The summed E-state index contributed by atoms with van der Waals surface area (Å²) in [6.45, 7) is 2.10. The highest BCUT2D eigenvalue weighted by atomic mass is 35.5. The smallest absolute Gasteiger partial charge is 0.240 e. The summed E-state index contributed by atoms with van der Waals surface area (Å²) in [4.78, 5) is 19.3. The summed E-state index contributed by atoms with van der Waals surface area (Å²) in [7, 11) is -0.128. The average molecular weight is 428 g/mol. The first-order valence-electron chi connectivity index (χ1n) is 8.92. The zero-order valence-corrected chi connectivity index (χ0v) is 17.6. The van der Waals surface area contributed by atoms with Crippen molar-refractivity contribution in [1.29, 1.82) is 0 Å². The van der Waals surface area contributed by atoms with Crippen molar-refractivity contribution in [2.45, 2.75) is 23.8 Å². The molecule has 0 aliphatic carbocycles. The highest BCUT2D eigenvalue weighted by Crippen LogP contribution is 2.22. The molecule has 0 saturated carbocycles. The Hall–Kier alpha value is -1.94. The van der Waals surface area contributed by atoms with Crippen LogP contribution < -0.4 is 10.0 Å². The lowest BCUT2D eigenvalue weighted by Crippen LogP contribution is -2.49. The number of aryl methyl sites for hydroxylation is 2. The third-order valence-corrected chi connectivity index (χ3v) is 6.28. The summed E-state index contributed by atoms with van der Waals surface area (Å²) < 4.78 is 27.8. The lowest BCUT2D eigenvalue weighted by molar-refractivity contribution is -0.134. The number of nitrogens with zero attached hydrogens (tertiary/aromatic N) is 3. The summed E-state index contributed by atoms with van der Waals surface area (Å²) in [6.07, 6.45) is 4.57. The Bertz CT molecular complexity index is 898. The van der Waals surface area contributed by atoms with Crippen molar-refractivity contribution in [3.63, 3.8) is 0 Å². The van der Waals surface area contributed by atoms with Crippen molar-refractivity contribution in [3.05, 3.63) is 48.0 Å². The maximum absolute atomic E-state index is 12.8. The molecule has 2 aromatic rings. The highest BCUT2D eigenvalue weighted by molar-refractivity contribution is 7.89. The number of nitrogens with one attached hydrogen (secondary N) is 2. The molecular formula is C18H26ClN5O3S. The molecule has 1 atom stereocenters. The van der Waals surface area contributed by atoms with E-state index in [1.807, 2.05) is 22.7 Å². The number of hydrogen-bond donors (Lipinski definition) is 2. The third kappa shape index (κ3) is 4.91. The molecular weight excluding hydrogens is 402 g/mol. The first-order chi connectivity index (χ1) is 12.9. The van der Waals surface area contributed by atoms with Crippen molar-refractivity contribution >= 4 is 28.3 Å². The number of benzene rings is 1. The normalized spacial score (nSPS) is 17.2. The number of amides is 1. The lowest BCUT2D eigenvalue weighted by Gasteiger charge is -2.35. The number of aromatic nitrogens is 2. The molecule has 1 aromatic heterocycles. The Morgan fingerprint density at radius 2 is 2.04 bits per heavy atom. The van der Waals surface area contributed by atoms with Crippen molar-refractivity contribution in [1.82, 2.24) is 24.5 Å². The number of hydrogen-bond acceptors (Lipinski definition) is 5. The van der Waals surface area contributed by atoms with Crippen LogP contribution in [0.4, 0.5) is 0 Å². The van der Waals surface area contributed by atoms with E-state index < -0.39 is 10.0 Å². The second-order valence-corrected chi connectivity index (χ2v) is 8.44. The highest BCUT2D eigenvalue weighted by Gasteiger charge is 2.30. The van der Waals surface area contributed by atoms with Crippen LogP contribution in [0.1, 0.15) is 23.9 Å². The molecule has 1 aliphatic heterocycles. The van der Waals surface area contributed by atoms with Crippen LogP contribution >= 0.6 is 12.4 Å². The van der Waals surface area contributed by atoms with E-state index in [9.17, 15) is 13.2 Å². The number of imidazole rings is 1. The van der Waals surface area contributed by atoms with Gasteiger partial charge in [0.05, 0.1) is 4.90 Å². The molecule has 0 radical (unpaired) electrons. The Labute approximate surface area is 171 Å². The van der Waals surface area contributed by atoms with Crippen LogP contribution in [0.15, 0.2) is 41.6 Å². The van der Waals surface area contributed by atoms with Crippen LogP contribution in [0, 0.1) is 0 Å². The summed E-state index contributed by atoms with van der Waals surface area (Å²) in [5.41, 5.74) is 0.932. The molecule has 1 saturated heterocycles. The zero-order chi connectivity index (χ0) is 19.4. The SMILES string of the molecule is CNS(=O)(=O)c1ccc(CCC(=O)N2CCNCC2c2nccn2C)cc1.Cl. The van der Waals surface area contributed by atoms with Crippen LogP contribution in [0.2, 0.25) is 0 Å². The Morgan fingerprint density at radius 3 is 2.64 bits per heavy atom. The van der Waals surface area contributed by atoms with E-state index >= 15 is 0 Å². The fourth-order valence-electron chi connectivity index (χ4n) is 3.28. The summed E-state index contributed by atoms with van der Waals surface area (Å²) >= 11 is 0. The predicted molar refractivity (Wildman–Crippen MR) is 109 cm³/mol. The van der Waals surface area contributed by atoms with Crippen LogP contribution in [0.5, 0.6) is 0 Å². The molecule has 10 heteroatoms.